The highest BCUT2D eigenvalue weighted by Crippen LogP contribution is 2.38. The third-order valence-corrected chi connectivity index (χ3v) is 4.56. The first kappa shape index (κ1) is 13.4. The number of pyridine rings is 1. The third-order valence-electron chi connectivity index (χ3n) is 4.56. The number of carbonyl (C=O) groups excluding carboxylic acids is 1. The van der Waals surface area contributed by atoms with Crippen molar-refractivity contribution in [3.05, 3.63) is 23.9 Å². The molecule has 0 spiro atoms. The van der Waals surface area contributed by atoms with Crippen LogP contribution in [0.5, 0.6) is 0 Å². The Balaban J connectivity index is 1.73. The molecule has 2 fully saturated rings. The summed E-state index contributed by atoms with van der Waals surface area (Å²) in [6.45, 7) is 3.31. The molecule has 108 valence electrons. The molecule has 2 aliphatic rings. The zero-order chi connectivity index (χ0) is 13.9. The summed E-state index contributed by atoms with van der Waals surface area (Å²) in [5.74, 6) is 1.56. The van der Waals surface area contributed by atoms with E-state index in [0.717, 1.165) is 18.3 Å². The Kier molecular flexibility index (Phi) is 3.90. The van der Waals surface area contributed by atoms with E-state index in [0.29, 0.717) is 18.2 Å². The van der Waals surface area contributed by atoms with E-state index in [-0.39, 0.29) is 5.97 Å². The zero-order valence-corrected chi connectivity index (χ0v) is 12.0. The van der Waals surface area contributed by atoms with E-state index in [4.69, 9.17) is 4.74 Å². The molecule has 3 rings (SSSR count). The van der Waals surface area contributed by atoms with Crippen molar-refractivity contribution in [2.45, 2.75) is 45.1 Å². The van der Waals surface area contributed by atoms with Gasteiger partial charge in [-0.05, 0) is 44.2 Å². The minimum Gasteiger partial charge on any atom is -0.462 e. The number of aromatic nitrogens is 1. The van der Waals surface area contributed by atoms with E-state index < -0.39 is 0 Å². The fourth-order valence-electron chi connectivity index (χ4n) is 3.58. The summed E-state index contributed by atoms with van der Waals surface area (Å²) in [6, 6.07) is 4.45. The van der Waals surface area contributed by atoms with E-state index in [9.17, 15) is 4.79 Å². The van der Waals surface area contributed by atoms with E-state index in [1.165, 1.54) is 32.1 Å². The summed E-state index contributed by atoms with van der Waals surface area (Å²) in [5.41, 5.74) is 0.537. The molecular formula is C16H22N2O2. The van der Waals surface area contributed by atoms with Crippen molar-refractivity contribution in [2.75, 3.05) is 18.1 Å². The van der Waals surface area contributed by atoms with Gasteiger partial charge in [0.25, 0.3) is 0 Å². The Morgan fingerprint density at radius 3 is 2.95 bits per heavy atom. The summed E-state index contributed by atoms with van der Waals surface area (Å²) in [5, 5.41) is 0. The number of rotatable bonds is 3. The lowest BCUT2D eigenvalue weighted by molar-refractivity contribution is 0.0526. The van der Waals surface area contributed by atoms with Gasteiger partial charge < -0.3 is 9.64 Å². The highest BCUT2D eigenvalue weighted by atomic mass is 16.5. The predicted molar refractivity (Wildman–Crippen MR) is 77.9 cm³/mol. The van der Waals surface area contributed by atoms with Gasteiger partial charge in [-0.25, -0.2) is 9.78 Å². The van der Waals surface area contributed by atoms with Crippen molar-refractivity contribution in [2.24, 2.45) is 5.92 Å². The molecule has 0 N–H and O–H groups in total. The summed E-state index contributed by atoms with van der Waals surface area (Å²) in [7, 11) is 0. The molecule has 1 aliphatic carbocycles. The Morgan fingerprint density at radius 2 is 2.20 bits per heavy atom. The number of carbonyl (C=O) groups is 1. The zero-order valence-electron chi connectivity index (χ0n) is 12.0. The second kappa shape index (κ2) is 5.81. The molecule has 0 aromatic carbocycles. The van der Waals surface area contributed by atoms with Gasteiger partial charge in [-0.2, -0.15) is 0 Å². The van der Waals surface area contributed by atoms with E-state index in [2.05, 4.69) is 9.88 Å². The maximum absolute atomic E-state index is 11.6. The van der Waals surface area contributed by atoms with Crippen LogP contribution in [-0.2, 0) is 4.74 Å². The standard InChI is InChI=1S/C16H22N2O2/c1-2-20-16(19)13-7-8-15(17-11-13)18-10-9-12-5-3-4-6-14(12)18/h7-8,11-12,14H,2-6,9-10H2,1H3. The van der Waals surface area contributed by atoms with Crippen molar-refractivity contribution in [1.82, 2.24) is 4.98 Å². The van der Waals surface area contributed by atoms with Gasteiger partial charge in [0.1, 0.15) is 5.82 Å². The largest absolute Gasteiger partial charge is 0.462 e. The minimum atomic E-state index is -0.288. The van der Waals surface area contributed by atoms with Crippen LogP contribution in [0, 0.1) is 5.92 Å². The topological polar surface area (TPSA) is 42.4 Å². The lowest BCUT2D eigenvalue weighted by Crippen LogP contribution is -2.35. The molecule has 4 heteroatoms. The van der Waals surface area contributed by atoms with Crippen molar-refractivity contribution < 1.29 is 9.53 Å². The van der Waals surface area contributed by atoms with Gasteiger partial charge in [0.2, 0.25) is 0 Å². The summed E-state index contributed by atoms with van der Waals surface area (Å²) < 4.78 is 4.99. The van der Waals surface area contributed by atoms with Gasteiger partial charge in [-0.1, -0.05) is 12.8 Å². The van der Waals surface area contributed by atoms with Gasteiger partial charge in [0, 0.05) is 18.8 Å². The maximum Gasteiger partial charge on any atom is 0.339 e. The fourth-order valence-corrected chi connectivity index (χ4v) is 3.58. The summed E-state index contributed by atoms with van der Waals surface area (Å²) in [6.07, 6.45) is 8.28. The molecule has 1 aliphatic heterocycles. The summed E-state index contributed by atoms with van der Waals surface area (Å²) in [4.78, 5) is 18.5. The monoisotopic (exact) mass is 274 g/mol. The lowest BCUT2D eigenvalue weighted by Gasteiger charge is -2.32. The van der Waals surface area contributed by atoms with Crippen LogP contribution in [0.2, 0.25) is 0 Å². The van der Waals surface area contributed by atoms with Crippen LogP contribution < -0.4 is 4.90 Å². The number of fused-ring (bicyclic) bond motifs is 1. The van der Waals surface area contributed by atoms with Gasteiger partial charge in [0.15, 0.2) is 0 Å². The van der Waals surface area contributed by atoms with Crippen LogP contribution in [0.4, 0.5) is 5.82 Å². The molecule has 20 heavy (non-hydrogen) atoms. The van der Waals surface area contributed by atoms with Crippen LogP contribution in [0.1, 0.15) is 49.4 Å². The van der Waals surface area contributed by atoms with Crippen molar-refractivity contribution >= 4 is 11.8 Å². The molecule has 2 unspecified atom stereocenters. The number of hydrogen-bond donors (Lipinski definition) is 0. The molecule has 1 aromatic rings. The Bertz CT molecular complexity index is 472. The first-order chi connectivity index (χ1) is 9.79. The van der Waals surface area contributed by atoms with Crippen LogP contribution >= 0.6 is 0 Å². The van der Waals surface area contributed by atoms with Crippen molar-refractivity contribution in [3.8, 4) is 0 Å². The highest BCUT2D eigenvalue weighted by molar-refractivity contribution is 5.89. The Morgan fingerprint density at radius 1 is 1.35 bits per heavy atom. The van der Waals surface area contributed by atoms with Crippen molar-refractivity contribution in [1.29, 1.82) is 0 Å². The average molecular weight is 274 g/mol. The third kappa shape index (κ3) is 2.51. The van der Waals surface area contributed by atoms with Crippen LogP contribution in [0.3, 0.4) is 0 Å². The van der Waals surface area contributed by atoms with Gasteiger partial charge in [-0.3, -0.25) is 0 Å². The molecular weight excluding hydrogens is 252 g/mol. The first-order valence-electron chi connectivity index (χ1n) is 7.69. The second-order valence-corrected chi connectivity index (χ2v) is 5.72. The predicted octanol–water partition coefficient (Wildman–Crippen LogP) is 3.03. The van der Waals surface area contributed by atoms with E-state index in [1.807, 2.05) is 19.1 Å². The van der Waals surface area contributed by atoms with Crippen LogP contribution in [0.25, 0.3) is 0 Å². The highest BCUT2D eigenvalue weighted by Gasteiger charge is 2.36. The van der Waals surface area contributed by atoms with Crippen LogP contribution in [-0.4, -0.2) is 30.1 Å². The van der Waals surface area contributed by atoms with E-state index >= 15 is 0 Å². The van der Waals surface area contributed by atoms with Gasteiger partial charge >= 0.3 is 5.97 Å². The molecule has 1 aromatic heterocycles. The second-order valence-electron chi connectivity index (χ2n) is 5.72. The van der Waals surface area contributed by atoms with E-state index in [1.54, 1.807) is 6.20 Å². The summed E-state index contributed by atoms with van der Waals surface area (Å²) >= 11 is 0. The molecule has 4 nitrogen and oxygen atoms in total. The SMILES string of the molecule is CCOC(=O)c1ccc(N2CCC3CCCCC32)nc1. The Labute approximate surface area is 120 Å². The Hall–Kier alpha value is -1.58. The number of esters is 1. The van der Waals surface area contributed by atoms with Crippen LogP contribution in [0.15, 0.2) is 18.3 Å². The van der Waals surface area contributed by atoms with Gasteiger partial charge in [0.05, 0.1) is 12.2 Å². The molecule has 2 heterocycles. The molecule has 1 saturated carbocycles. The average Bonchev–Trinajstić information content (AvgIpc) is 2.92. The van der Waals surface area contributed by atoms with Crippen molar-refractivity contribution in [3.63, 3.8) is 0 Å². The smallest absolute Gasteiger partial charge is 0.339 e. The normalized spacial score (nSPS) is 25.4. The number of ether oxygens (including phenoxy) is 1. The van der Waals surface area contributed by atoms with Gasteiger partial charge in [-0.15, -0.1) is 0 Å². The quantitative estimate of drug-likeness (QED) is 0.795. The first-order valence-corrected chi connectivity index (χ1v) is 7.69. The molecule has 0 amide bonds. The molecule has 0 radical (unpaired) electrons. The molecule has 0 bridgehead atoms. The lowest BCUT2D eigenvalue weighted by atomic mass is 9.85. The minimum absolute atomic E-state index is 0.288. The number of hydrogen-bond acceptors (Lipinski definition) is 4. The fraction of sp³-hybridized carbons (Fsp3) is 0.625. The number of nitrogens with zero attached hydrogens (tertiary/aromatic N) is 2. The molecule has 1 saturated heterocycles. The maximum atomic E-state index is 11.6. The molecule has 2 atom stereocenters. The number of anilines is 1.